The number of hydrogen-bond acceptors (Lipinski definition) is 6. The van der Waals surface area contributed by atoms with Crippen LogP contribution in [0.1, 0.15) is 36.8 Å². The minimum absolute atomic E-state index is 0.0315. The third-order valence-corrected chi connectivity index (χ3v) is 8.39. The van der Waals surface area contributed by atoms with Gasteiger partial charge in [-0.3, -0.25) is 24.0 Å². The number of carbonyl (C=O) groups is 2. The van der Waals surface area contributed by atoms with Crippen molar-refractivity contribution in [1.29, 1.82) is 0 Å². The second kappa shape index (κ2) is 13.6. The molecule has 0 aromatic heterocycles. The second-order valence-electron chi connectivity index (χ2n) is 10.4. The van der Waals surface area contributed by atoms with E-state index < -0.39 is 39.3 Å². The van der Waals surface area contributed by atoms with Crippen molar-refractivity contribution in [2.24, 2.45) is 0 Å². The van der Waals surface area contributed by atoms with Gasteiger partial charge in [-0.05, 0) is 42.2 Å². The zero-order valence-corrected chi connectivity index (χ0v) is 24.0. The van der Waals surface area contributed by atoms with Gasteiger partial charge < -0.3 is 10.2 Å². The predicted octanol–water partition coefficient (Wildman–Crippen LogP) is 4.20. The lowest BCUT2D eigenvalue weighted by atomic mass is 10.0. The van der Waals surface area contributed by atoms with E-state index in [0.29, 0.717) is 5.56 Å². The lowest BCUT2D eigenvalue weighted by Crippen LogP contribution is -2.54. The summed E-state index contributed by atoms with van der Waals surface area (Å²) in [6.07, 6.45) is 4.67. The van der Waals surface area contributed by atoms with E-state index in [0.717, 1.165) is 47.9 Å². The molecule has 0 saturated heterocycles. The number of non-ortho nitro benzene ring substituents is 1. The van der Waals surface area contributed by atoms with Crippen LogP contribution in [-0.2, 0) is 32.6 Å². The molecule has 1 aliphatic carbocycles. The van der Waals surface area contributed by atoms with E-state index in [4.69, 9.17) is 0 Å². The fourth-order valence-corrected chi connectivity index (χ4v) is 5.92. The number of rotatable bonds is 12. The van der Waals surface area contributed by atoms with Crippen molar-refractivity contribution in [3.63, 3.8) is 0 Å². The average Bonchev–Trinajstić information content (AvgIpc) is 3.47. The highest BCUT2D eigenvalue weighted by atomic mass is 32.2. The number of nitro benzene ring substituents is 1. The maximum absolute atomic E-state index is 14.1. The summed E-state index contributed by atoms with van der Waals surface area (Å²) in [5, 5.41) is 14.4. The average molecular weight is 597 g/mol. The van der Waals surface area contributed by atoms with Crippen molar-refractivity contribution in [1.82, 2.24) is 10.2 Å². The maximum Gasteiger partial charge on any atom is 0.271 e. The van der Waals surface area contributed by atoms with Crippen LogP contribution < -0.4 is 9.62 Å². The van der Waals surface area contributed by atoms with E-state index in [-0.39, 0.29) is 36.3 Å². The van der Waals surface area contributed by atoms with Crippen molar-refractivity contribution in [2.45, 2.75) is 50.7 Å². The number of carbonyl (C=O) groups excluding carboxylic acids is 2. The van der Waals surface area contributed by atoms with E-state index in [1.165, 1.54) is 47.4 Å². The Labute approximate surface area is 244 Å². The molecule has 1 aliphatic rings. The van der Waals surface area contributed by atoms with E-state index in [9.17, 15) is 32.5 Å². The van der Waals surface area contributed by atoms with E-state index in [2.05, 4.69) is 5.32 Å². The summed E-state index contributed by atoms with van der Waals surface area (Å²) in [7, 11) is -4.08. The third-order valence-electron chi connectivity index (χ3n) is 7.25. The highest BCUT2D eigenvalue weighted by molar-refractivity contribution is 7.92. The van der Waals surface area contributed by atoms with Crippen LogP contribution in [0.3, 0.4) is 0 Å². The van der Waals surface area contributed by atoms with Gasteiger partial charge >= 0.3 is 0 Å². The summed E-state index contributed by atoms with van der Waals surface area (Å²) in [5.74, 6) is -1.54. The first-order valence-electron chi connectivity index (χ1n) is 13.6. The number of nitro groups is 1. The van der Waals surface area contributed by atoms with Gasteiger partial charge in [-0.2, -0.15) is 0 Å². The first-order chi connectivity index (χ1) is 20.0. The van der Waals surface area contributed by atoms with Crippen LogP contribution in [0, 0.1) is 15.9 Å². The molecule has 4 rings (SSSR count). The topological polar surface area (TPSA) is 130 Å². The Kier molecular flexibility index (Phi) is 9.89. The molecule has 222 valence electrons. The van der Waals surface area contributed by atoms with Gasteiger partial charge in [-0.1, -0.05) is 61.4 Å². The molecule has 3 aromatic carbocycles. The second-order valence-corrected chi connectivity index (χ2v) is 12.3. The van der Waals surface area contributed by atoms with E-state index in [1.54, 1.807) is 0 Å². The number of sulfonamides is 1. The third kappa shape index (κ3) is 8.12. The van der Waals surface area contributed by atoms with Crippen LogP contribution in [-0.4, -0.2) is 54.9 Å². The molecule has 3 aromatic rings. The zero-order chi connectivity index (χ0) is 30.3. The monoisotopic (exact) mass is 596 g/mol. The number of halogens is 1. The van der Waals surface area contributed by atoms with Crippen LogP contribution in [0.5, 0.6) is 0 Å². The Bertz CT molecular complexity index is 1510. The summed E-state index contributed by atoms with van der Waals surface area (Å²) in [6.45, 7) is -0.801. The molecule has 0 spiro atoms. The standard InChI is InChI=1S/C30H33FN4O6S/c1-42(40,41)34(26-12-7-13-27(19-26)35(38)39)21-29(36)33(20-23-14-16-24(31)17-15-23)28(18-22-8-3-2-4-9-22)30(37)32-25-10-5-6-11-25/h2-4,7-9,12-17,19,25,28H,5-6,10-11,18,20-21H2,1H3,(H,32,37)/t28-/m0/s1. The highest BCUT2D eigenvalue weighted by Crippen LogP contribution is 2.25. The Morgan fingerprint density at radius 1 is 1.00 bits per heavy atom. The maximum atomic E-state index is 14.1. The van der Waals surface area contributed by atoms with Crippen molar-refractivity contribution < 1.29 is 27.3 Å². The van der Waals surface area contributed by atoms with Gasteiger partial charge in [0.15, 0.2) is 0 Å². The molecule has 12 heteroatoms. The van der Waals surface area contributed by atoms with Crippen LogP contribution in [0.15, 0.2) is 78.9 Å². The van der Waals surface area contributed by atoms with Crippen molar-refractivity contribution in [3.8, 4) is 0 Å². The van der Waals surface area contributed by atoms with Gasteiger partial charge in [-0.15, -0.1) is 0 Å². The number of benzene rings is 3. The number of nitrogens with zero attached hydrogens (tertiary/aromatic N) is 3. The molecule has 0 bridgehead atoms. The quantitative estimate of drug-likeness (QED) is 0.246. The van der Waals surface area contributed by atoms with Gasteiger partial charge in [0.1, 0.15) is 18.4 Å². The number of nitrogens with one attached hydrogen (secondary N) is 1. The van der Waals surface area contributed by atoms with Gasteiger partial charge in [-0.25, -0.2) is 12.8 Å². The predicted molar refractivity (Wildman–Crippen MR) is 157 cm³/mol. The minimum atomic E-state index is -4.08. The molecule has 1 saturated carbocycles. The fraction of sp³-hybridized carbons (Fsp3) is 0.333. The van der Waals surface area contributed by atoms with Crippen LogP contribution in [0.2, 0.25) is 0 Å². The molecular formula is C30H33FN4O6S. The molecule has 1 atom stereocenters. The molecule has 0 radical (unpaired) electrons. The number of anilines is 1. The molecule has 42 heavy (non-hydrogen) atoms. The van der Waals surface area contributed by atoms with Gasteiger partial charge in [0, 0.05) is 31.1 Å². The van der Waals surface area contributed by atoms with E-state index in [1.807, 2.05) is 30.3 Å². The van der Waals surface area contributed by atoms with Crippen molar-refractivity contribution >= 4 is 33.2 Å². The summed E-state index contributed by atoms with van der Waals surface area (Å²) in [6, 6.07) is 18.6. The van der Waals surface area contributed by atoms with Crippen molar-refractivity contribution in [3.05, 3.63) is 106 Å². The fourth-order valence-electron chi connectivity index (χ4n) is 5.08. The molecule has 10 nitrogen and oxygen atoms in total. The molecular weight excluding hydrogens is 563 g/mol. The molecule has 0 heterocycles. The van der Waals surface area contributed by atoms with Gasteiger partial charge in [0.2, 0.25) is 21.8 Å². The zero-order valence-electron chi connectivity index (χ0n) is 23.2. The normalized spacial score (nSPS) is 14.2. The molecule has 1 fully saturated rings. The SMILES string of the molecule is CS(=O)(=O)N(CC(=O)N(Cc1ccc(F)cc1)[C@@H](Cc1ccccc1)C(=O)NC1CCCC1)c1cccc([N+](=O)[O-])c1. The largest absolute Gasteiger partial charge is 0.352 e. The van der Waals surface area contributed by atoms with Crippen LogP contribution in [0.4, 0.5) is 15.8 Å². The minimum Gasteiger partial charge on any atom is -0.352 e. The van der Waals surface area contributed by atoms with E-state index >= 15 is 0 Å². The van der Waals surface area contributed by atoms with Crippen LogP contribution >= 0.6 is 0 Å². The van der Waals surface area contributed by atoms with Gasteiger partial charge in [0.05, 0.1) is 16.9 Å². The Hall–Kier alpha value is -4.32. The summed E-state index contributed by atoms with van der Waals surface area (Å²) in [4.78, 5) is 39.9. The molecule has 0 aliphatic heterocycles. The molecule has 2 amide bonds. The molecule has 1 N–H and O–H groups in total. The highest BCUT2D eigenvalue weighted by Gasteiger charge is 2.34. The summed E-state index contributed by atoms with van der Waals surface area (Å²) in [5.41, 5.74) is 0.934. The summed E-state index contributed by atoms with van der Waals surface area (Å²) < 4.78 is 40.2. The number of amides is 2. The smallest absolute Gasteiger partial charge is 0.271 e. The Balaban J connectivity index is 1.73. The van der Waals surface area contributed by atoms with Crippen LogP contribution in [0.25, 0.3) is 0 Å². The summed E-state index contributed by atoms with van der Waals surface area (Å²) >= 11 is 0. The first kappa shape index (κ1) is 30.6. The molecule has 0 unspecified atom stereocenters. The first-order valence-corrected chi connectivity index (χ1v) is 15.5. The number of hydrogen-bond donors (Lipinski definition) is 1. The van der Waals surface area contributed by atoms with Gasteiger partial charge in [0.25, 0.3) is 5.69 Å². The Morgan fingerprint density at radius 3 is 2.29 bits per heavy atom. The lowest BCUT2D eigenvalue weighted by Gasteiger charge is -2.34. The lowest BCUT2D eigenvalue weighted by molar-refractivity contribution is -0.384. The Morgan fingerprint density at radius 2 is 1.67 bits per heavy atom. The van der Waals surface area contributed by atoms with Crippen molar-refractivity contribution in [2.75, 3.05) is 17.1 Å².